The van der Waals surface area contributed by atoms with E-state index in [0.29, 0.717) is 30.3 Å². The third kappa shape index (κ3) is 5.91. The van der Waals surface area contributed by atoms with Gasteiger partial charge in [-0.15, -0.1) is 23.7 Å². The summed E-state index contributed by atoms with van der Waals surface area (Å²) >= 11 is 1.23. The Morgan fingerprint density at radius 1 is 1.36 bits per heavy atom. The lowest BCUT2D eigenvalue weighted by Crippen LogP contribution is -2.43. The maximum atomic E-state index is 12.8. The van der Waals surface area contributed by atoms with Crippen LogP contribution in [0.4, 0.5) is 18.3 Å². The maximum Gasteiger partial charge on any atom is 0.416 e. The van der Waals surface area contributed by atoms with Crippen molar-refractivity contribution in [1.29, 1.82) is 0 Å². The van der Waals surface area contributed by atoms with Crippen molar-refractivity contribution in [2.75, 3.05) is 18.5 Å². The normalized spacial score (nSPS) is 16.3. The molecule has 1 aromatic carbocycles. The summed E-state index contributed by atoms with van der Waals surface area (Å²) in [6, 6.07) is 4.55. The van der Waals surface area contributed by atoms with E-state index in [2.05, 4.69) is 10.3 Å². The Morgan fingerprint density at radius 2 is 2.07 bits per heavy atom. The molecule has 3 N–H and O–H groups in total. The van der Waals surface area contributed by atoms with Crippen molar-refractivity contribution in [1.82, 2.24) is 4.98 Å². The molecule has 1 aliphatic heterocycles. The number of carbonyl (C=O) groups excluding carboxylic acids is 1. The average Bonchev–Trinajstić information content (AvgIpc) is 3.08. The summed E-state index contributed by atoms with van der Waals surface area (Å²) in [5.41, 5.74) is 5.88. The third-order valence-electron chi connectivity index (χ3n) is 4.49. The molecule has 1 atom stereocenters. The second-order valence-corrected chi connectivity index (χ2v) is 7.59. The molecule has 1 unspecified atom stereocenters. The minimum Gasteiger partial charge on any atom is -0.381 e. The van der Waals surface area contributed by atoms with Crippen molar-refractivity contribution in [3.63, 3.8) is 0 Å². The molecule has 2 heterocycles. The Balaban J connectivity index is 0.00000280. The topological polar surface area (TPSA) is 77.2 Å². The zero-order valence-electron chi connectivity index (χ0n) is 14.9. The van der Waals surface area contributed by atoms with Crippen LogP contribution in [0.15, 0.2) is 30.5 Å². The van der Waals surface area contributed by atoms with Crippen molar-refractivity contribution in [3.8, 4) is 0 Å². The Bertz CT molecular complexity index is 794. The molecule has 10 heteroatoms. The second-order valence-electron chi connectivity index (χ2n) is 6.47. The Labute approximate surface area is 170 Å². The van der Waals surface area contributed by atoms with Crippen LogP contribution in [0.3, 0.4) is 0 Å². The van der Waals surface area contributed by atoms with Crippen LogP contribution in [0, 0.1) is 5.92 Å². The van der Waals surface area contributed by atoms with Gasteiger partial charge in [-0.05, 0) is 30.4 Å². The number of nitrogens with two attached hydrogens (primary N) is 1. The number of amides is 1. The highest BCUT2D eigenvalue weighted by molar-refractivity contribution is 7.15. The van der Waals surface area contributed by atoms with E-state index in [0.717, 1.165) is 29.9 Å². The smallest absolute Gasteiger partial charge is 0.381 e. The fourth-order valence-corrected chi connectivity index (χ4v) is 3.83. The number of hydrogen-bond donors (Lipinski definition) is 2. The molecule has 1 saturated heterocycles. The van der Waals surface area contributed by atoms with Crippen LogP contribution < -0.4 is 11.1 Å². The van der Waals surface area contributed by atoms with Crippen LogP contribution in [-0.2, 0) is 22.1 Å². The summed E-state index contributed by atoms with van der Waals surface area (Å²) in [4.78, 5) is 17.2. The highest BCUT2D eigenvalue weighted by Crippen LogP contribution is 2.30. The van der Waals surface area contributed by atoms with E-state index >= 15 is 0 Å². The number of nitrogens with one attached hydrogen (secondary N) is 1. The molecule has 5 nitrogen and oxygen atoms in total. The summed E-state index contributed by atoms with van der Waals surface area (Å²) in [6.45, 7) is 1.20. The van der Waals surface area contributed by atoms with Crippen LogP contribution in [0.25, 0.3) is 0 Å². The summed E-state index contributed by atoms with van der Waals surface area (Å²) in [7, 11) is 0. The van der Waals surface area contributed by atoms with Crippen molar-refractivity contribution in [2.24, 2.45) is 11.7 Å². The van der Waals surface area contributed by atoms with Crippen LogP contribution in [-0.4, -0.2) is 30.1 Å². The standard InChI is InChI=1S/C18H20F3N3O2S.ClH/c19-18(20,21)13-3-1-2-11(8-13)9-14-10-23-17(27-14)24-16(25)15(22)12-4-6-26-7-5-12;/h1-3,8,10,12,15H,4-7,9,22H2,(H,23,24,25);1H. The quantitative estimate of drug-likeness (QED) is 0.747. The summed E-state index contributed by atoms with van der Waals surface area (Å²) in [5, 5.41) is 3.10. The molecule has 0 radical (unpaired) electrons. The number of aromatic nitrogens is 1. The number of hydrogen-bond acceptors (Lipinski definition) is 5. The largest absolute Gasteiger partial charge is 0.416 e. The molecule has 0 saturated carbocycles. The molecule has 1 aromatic heterocycles. The number of halogens is 4. The number of benzene rings is 1. The molecule has 1 aliphatic rings. The van der Waals surface area contributed by atoms with Gasteiger partial charge in [-0.2, -0.15) is 13.2 Å². The third-order valence-corrected chi connectivity index (χ3v) is 5.41. The molecule has 1 fully saturated rings. The molecule has 2 aromatic rings. The first kappa shape index (κ1) is 22.6. The van der Waals surface area contributed by atoms with E-state index in [1.54, 1.807) is 12.3 Å². The van der Waals surface area contributed by atoms with Crippen molar-refractivity contribution < 1.29 is 22.7 Å². The van der Waals surface area contributed by atoms with Gasteiger partial charge in [0.25, 0.3) is 0 Å². The van der Waals surface area contributed by atoms with E-state index in [1.165, 1.54) is 17.4 Å². The van der Waals surface area contributed by atoms with Crippen molar-refractivity contribution in [2.45, 2.75) is 31.5 Å². The highest BCUT2D eigenvalue weighted by atomic mass is 35.5. The zero-order chi connectivity index (χ0) is 19.4. The van der Waals surface area contributed by atoms with Crippen LogP contribution >= 0.6 is 23.7 Å². The lowest BCUT2D eigenvalue weighted by atomic mass is 9.92. The predicted molar refractivity (Wildman–Crippen MR) is 104 cm³/mol. The minimum absolute atomic E-state index is 0. The zero-order valence-corrected chi connectivity index (χ0v) is 16.5. The van der Waals surface area contributed by atoms with Gasteiger partial charge in [0, 0.05) is 30.7 Å². The van der Waals surface area contributed by atoms with E-state index in [9.17, 15) is 18.0 Å². The molecular weight excluding hydrogens is 415 g/mol. The number of anilines is 1. The number of thiazole rings is 1. The second kappa shape index (κ2) is 9.69. The van der Waals surface area contributed by atoms with Gasteiger partial charge in [0.05, 0.1) is 11.6 Å². The van der Waals surface area contributed by atoms with Crippen molar-refractivity contribution >= 4 is 34.8 Å². The lowest BCUT2D eigenvalue weighted by molar-refractivity contribution is -0.137. The van der Waals surface area contributed by atoms with Gasteiger partial charge >= 0.3 is 6.18 Å². The van der Waals surface area contributed by atoms with Crippen LogP contribution in [0.5, 0.6) is 0 Å². The predicted octanol–water partition coefficient (Wildman–Crippen LogP) is 3.87. The molecule has 1 amide bonds. The van der Waals surface area contributed by atoms with Gasteiger partial charge in [-0.25, -0.2) is 4.98 Å². The van der Waals surface area contributed by atoms with Gasteiger partial charge in [0.2, 0.25) is 5.91 Å². The Kier molecular flexibility index (Phi) is 7.82. The first-order valence-electron chi connectivity index (χ1n) is 8.58. The number of ether oxygens (including phenoxy) is 1. The lowest BCUT2D eigenvalue weighted by Gasteiger charge is -2.26. The van der Waals surface area contributed by atoms with Gasteiger partial charge in [-0.3, -0.25) is 4.79 Å². The number of carbonyl (C=O) groups is 1. The Morgan fingerprint density at radius 3 is 2.75 bits per heavy atom. The van der Waals surface area contributed by atoms with E-state index in [1.807, 2.05) is 0 Å². The molecule has 0 spiro atoms. The van der Waals surface area contributed by atoms with Crippen LogP contribution in [0.2, 0.25) is 0 Å². The monoisotopic (exact) mass is 435 g/mol. The fourth-order valence-electron chi connectivity index (χ4n) is 2.98. The van der Waals surface area contributed by atoms with Gasteiger partial charge in [-0.1, -0.05) is 18.2 Å². The first-order valence-corrected chi connectivity index (χ1v) is 9.39. The molecule has 3 rings (SSSR count). The van der Waals surface area contributed by atoms with E-state index < -0.39 is 17.8 Å². The van der Waals surface area contributed by atoms with Crippen LogP contribution in [0.1, 0.15) is 28.8 Å². The Hall–Kier alpha value is -1.68. The number of rotatable bonds is 5. The molecule has 154 valence electrons. The minimum atomic E-state index is -4.37. The molecule has 0 bridgehead atoms. The van der Waals surface area contributed by atoms with Gasteiger partial charge < -0.3 is 15.8 Å². The maximum absolute atomic E-state index is 12.8. The molecular formula is C18H21ClF3N3O2S. The van der Waals surface area contributed by atoms with E-state index in [4.69, 9.17) is 10.5 Å². The average molecular weight is 436 g/mol. The highest BCUT2D eigenvalue weighted by Gasteiger charge is 2.30. The summed E-state index contributed by atoms with van der Waals surface area (Å²) < 4.78 is 43.7. The van der Waals surface area contributed by atoms with Gasteiger partial charge in [0.1, 0.15) is 0 Å². The van der Waals surface area contributed by atoms with E-state index in [-0.39, 0.29) is 24.2 Å². The number of alkyl halides is 3. The SMILES string of the molecule is Cl.NC(C(=O)Nc1ncc(Cc2cccc(C(F)(F)F)c2)s1)C1CCOCC1. The molecule has 0 aliphatic carbocycles. The first-order chi connectivity index (χ1) is 12.8. The summed E-state index contributed by atoms with van der Waals surface area (Å²) in [5.74, 6) is -0.231. The number of nitrogens with zero attached hydrogens (tertiary/aromatic N) is 1. The van der Waals surface area contributed by atoms with Crippen molar-refractivity contribution in [3.05, 3.63) is 46.5 Å². The van der Waals surface area contributed by atoms with Gasteiger partial charge in [0.15, 0.2) is 5.13 Å². The fraction of sp³-hybridized carbons (Fsp3) is 0.444. The molecule has 28 heavy (non-hydrogen) atoms. The summed E-state index contributed by atoms with van der Waals surface area (Å²) in [6.07, 6.45) is -1.02.